The fraction of sp³-hybridized carbons (Fsp3) is 0.0833. The maximum absolute atomic E-state index is 12.9. The topological polar surface area (TPSA) is 62.1 Å². The van der Waals surface area contributed by atoms with Crippen molar-refractivity contribution < 1.29 is 22.7 Å². The fourth-order valence-corrected chi connectivity index (χ4v) is 3.26. The Hall–Kier alpha value is -4.05. The number of carbonyl (C=O) groups is 1. The number of amides is 1. The Bertz CT molecular complexity index is 1220. The zero-order valence-corrected chi connectivity index (χ0v) is 16.0. The third kappa shape index (κ3) is 4.28. The van der Waals surface area contributed by atoms with Crippen molar-refractivity contribution in [3.05, 3.63) is 94.5 Å². The van der Waals surface area contributed by atoms with E-state index in [0.29, 0.717) is 28.0 Å². The van der Waals surface area contributed by atoms with Crippen LogP contribution in [-0.2, 0) is 17.6 Å². The van der Waals surface area contributed by atoms with Gasteiger partial charge in [-0.15, -0.1) is 0 Å². The minimum absolute atomic E-state index is 0.141. The van der Waals surface area contributed by atoms with Crippen LogP contribution in [0, 0.1) is 11.3 Å². The molecule has 1 aliphatic rings. The fourth-order valence-electron chi connectivity index (χ4n) is 3.26. The van der Waals surface area contributed by atoms with E-state index in [1.165, 1.54) is 6.07 Å². The van der Waals surface area contributed by atoms with E-state index in [1.807, 2.05) is 12.1 Å². The highest BCUT2D eigenvalue weighted by Crippen LogP contribution is 2.38. The second-order valence-electron chi connectivity index (χ2n) is 6.90. The van der Waals surface area contributed by atoms with Gasteiger partial charge in [0.2, 0.25) is 0 Å². The summed E-state index contributed by atoms with van der Waals surface area (Å²) in [6, 6.07) is 19.4. The zero-order valence-electron chi connectivity index (χ0n) is 16.0. The number of hydrogen-bond donors (Lipinski definition) is 1. The monoisotopic (exact) mass is 420 g/mol. The van der Waals surface area contributed by atoms with Crippen LogP contribution >= 0.6 is 0 Å². The molecule has 0 radical (unpaired) electrons. The Morgan fingerprint density at radius 1 is 1.03 bits per heavy atom. The summed E-state index contributed by atoms with van der Waals surface area (Å²) < 4.78 is 44.4. The lowest BCUT2D eigenvalue weighted by Crippen LogP contribution is -2.06. The SMILES string of the molecule is N#Cc1ccccc1COc1ccc(/C=C2\C(=O)Nc3cc(C(F)(F)F)ccc32)cc1. The largest absolute Gasteiger partial charge is 0.489 e. The van der Waals surface area contributed by atoms with Crippen LogP contribution in [0.4, 0.5) is 18.9 Å². The maximum atomic E-state index is 12.9. The highest BCUT2D eigenvalue weighted by Gasteiger charge is 2.33. The average molecular weight is 420 g/mol. The van der Waals surface area contributed by atoms with Gasteiger partial charge in [0.1, 0.15) is 12.4 Å². The molecule has 0 saturated carbocycles. The summed E-state index contributed by atoms with van der Waals surface area (Å²) >= 11 is 0. The molecular weight excluding hydrogens is 405 g/mol. The van der Waals surface area contributed by atoms with Crippen molar-refractivity contribution >= 4 is 23.2 Å². The van der Waals surface area contributed by atoms with E-state index in [0.717, 1.165) is 17.7 Å². The highest BCUT2D eigenvalue weighted by molar-refractivity contribution is 6.34. The molecule has 1 heterocycles. The van der Waals surface area contributed by atoms with Gasteiger partial charge in [0.15, 0.2) is 0 Å². The molecule has 0 unspecified atom stereocenters. The third-order valence-corrected chi connectivity index (χ3v) is 4.85. The minimum Gasteiger partial charge on any atom is -0.489 e. The second-order valence-corrected chi connectivity index (χ2v) is 6.90. The summed E-state index contributed by atoms with van der Waals surface area (Å²) in [5.74, 6) is 0.128. The first-order valence-corrected chi connectivity index (χ1v) is 9.31. The normalized spacial score (nSPS) is 14.1. The number of fused-ring (bicyclic) bond motifs is 1. The molecule has 1 N–H and O–H groups in total. The van der Waals surface area contributed by atoms with Gasteiger partial charge in [0.25, 0.3) is 5.91 Å². The minimum atomic E-state index is -4.48. The molecule has 0 saturated heterocycles. The van der Waals surface area contributed by atoms with Crippen molar-refractivity contribution in [3.63, 3.8) is 0 Å². The standard InChI is InChI=1S/C24H15F3N2O2/c25-24(26,27)18-7-10-20-21(23(30)29-22(20)12-18)11-15-5-8-19(9-6-15)31-14-17-4-2-1-3-16(17)13-28/h1-12H,14H2,(H,29,30)/b21-11-. The summed E-state index contributed by atoms with van der Waals surface area (Å²) in [7, 11) is 0. The summed E-state index contributed by atoms with van der Waals surface area (Å²) in [4.78, 5) is 12.3. The summed E-state index contributed by atoms with van der Waals surface area (Å²) in [5.41, 5.74) is 2.06. The Balaban J connectivity index is 1.52. The van der Waals surface area contributed by atoms with Crippen molar-refractivity contribution in [1.82, 2.24) is 0 Å². The van der Waals surface area contributed by atoms with Gasteiger partial charge in [0.05, 0.1) is 17.2 Å². The molecule has 0 fully saturated rings. The molecule has 7 heteroatoms. The highest BCUT2D eigenvalue weighted by atomic mass is 19.4. The number of nitriles is 1. The Morgan fingerprint density at radius 3 is 2.48 bits per heavy atom. The summed E-state index contributed by atoms with van der Waals surface area (Å²) in [6.45, 7) is 0.238. The number of halogens is 3. The summed E-state index contributed by atoms with van der Waals surface area (Å²) in [5, 5.41) is 11.6. The van der Waals surface area contributed by atoms with Crippen LogP contribution in [0.3, 0.4) is 0 Å². The van der Waals surface area contributed by atoms with Crippen LogP contribution in [-0.4, -0.2) is 5.91 Å². The maximum Gasteiger partial charge on any atom is 0.416 e. The number of ether oxygens (including phenoxy) is 1. The van der Waals surface area contributed by atoms with Gasteiger partial charge in [-0.3, -0.25) is 4.79 Å². The van der Waals surface area contributed by atoms with Crippen LogP contribution in [0.1, 0.15) is 27.8 Å². The molecule has 154 valence electrons. The summed E-state index contributed by atoms with van der Waals surface area (Å²) in [6.07, 6.45) is -2.86. The van der Waals surface area contributed by atoms with E-state index in [2.05, 4.69) is 11.4 Å². The van der Waals surface area contributed by atoms with Gasteiger partial charge in [-0.05, 0) is 42.0 Å². The molecule has 1 amide bonds. The van der Waals surface area contributed by atoms with E-state index in [1.54, 1.807) is 42.5 Å². The van der Waals surface area contributed by atoms with E-state index in [9.17, 15) is 18.0 Å². The number of rotatable bonds is 4. The Kier molecular flexibility index (Phi) is 5.22. The van der Waals surface area contributed by atoms with E-state index in [-0.39, 0.29) is 12.3 Å². The van der Waals surface area contributed by atoms with Gasteiger partial charge in [-0.2, -0.15) is 18.4 Å². The first-order valence-electron chi connectivity index (χ1n) is 9.31. The van der Waals surface area contributed by atoms with Gasteiger partial charge >= 0.3 is 6.18 Å². The molecule has 3 aromatic rings. The van der Waals surface area contributed by atoms with Crippen molar-refractivity contribution in [1.29, 1.82) is 5.26 Å². The molecule has 0 spiro atoms. The predicted molar refractivity (Wildman–Crippen MR) is 110 cm³/mol. The number of hydrogen-bond acceptors (Lipinski definition) is 3. The second kappa shape index (κ2) is 8.00. The first-order chi connectivity index (χ1) is 14.8. The number of carbonyl (C=O) groups excluding carboxylic acids is 1. The number of nitrogens with one attached hydrogen (secondary N) is 1. The van der Waals surface area contributed by atoms with Gasteiger partial charge in [0, 0.05) is 22.4 Å². The van der Waals surface area contributed by atoms with Crippen LogP contribution < -0.4 is 10.1 Å². The molecule has 4 nitrogen and oxygen atoms in total. The molecule has 31 heavy (non-hydrogen) atoms. The van der Waals surface area contributed by atoms with Crippen LogP contribution in [0.15, 0.2) is 66.7 Å². The average Bonchev–Trinajstić information content (AvgIpc) is 3.07. The quantitative estimate of drug-likeness (QED) is 0.555. The predicted octanol–water partition coefficient (Wildman–Crippen LogP) is 5.65. The number of anilines is 1. The lowest BCUT2D eigenvalue weighted by Gasteiger charge is -2.08. The Morgan fingerprint density at radius 2 is 1.77 bits per heavy atom. The molecule has 1 aliphatic heterocycles. The molecule has 0 atom stereocenters. The van der Waals surface area contributed by atoms with E-state index in [4.69, 9.17) is 10.00 Å². The Labute approximate surface area is 176 Å². The van der Waals surface area contributed by atoms with Gasteiger partial charge in [-0.1, -0.05) is 36.4 Å². The number of nitrogens with zero attached hydrogens (tertiary/aromatic N) is 1. The van der Waals surface area contributed by atoms with Crippen LogP contribution in [0.25, 0.3) is 11.6 Å². The van der Waals surface area contributed by atoms with Crippen LogP contribution in [0.2, 0.25) is 0 Å². The lowest BCUT2D eigenvalue weighted by molar-refractivity contribution is -0.137. The van der Waals surface area contributed by atoms with Crippen molar-refractivity contribution in [3.8, 4) is 11.8 Å². The zero-order chi connectivity index (χ0) is 22.0. The molecule has 0 bridgehead atoms. The van der Waals surface area contributed by atoms with Crippen LogP contribution in [0.5, 0.6) is 5.75 Å². The van der Waals surface area contributed by atoms with E-state index < -0.39 is 17.6 Å². The third-order valence-electron chi connectivity index (χ3n) is 4.85. The van der Waals surface area contributed by atoms with Crippen molar-refractivity contribution in [2.24, 2.45) is 0 Å². The van der Waals surface area contributed by atoms with Crippen molar-refractivity contribution in [2.45, 2.75) is 12.8 Å². The first kappa shape index (κ1) is 20.2. The van der Waals surface area contributed by atoms with Crippen molar-refractivity contribution in [2.75, 3.05) is 5.32 Å². The molecule has 4 rings (SSSR count). The number of alkyl halides is 3. The van der Waals surface area contributed by atoms with Gasteiger partial charge < -0.3 is 10.1 Å². The molecule has 0 aliphatic carbocycles. The van der Waals surface area contributed by atoms with E-state index >= 15 is 0 Å². The molecular formula is C24H15F3N2O2. The number of benzene rings is 3. The smallest absolute Gasteiger partial charge is 0.416 e. The molecule has 0 aromatic heterocycles. The van der Waals surface area contributed by atoms with Gasteiger partial charge in [-0.25, -0.2) is 0 Å². The lowest BCUT2D eigenvalue weighted by atomic mass is 10.0. The molecule has 3 aromatic carbocycles.